The molecule has 1 atom stereocenters. The van der Waals surface area contributed by atoms with E-state index in [0.29, 0.717) is 17.9 Å². The number of carbonyl (C=O) groups excluding carboxylic acids is 2. The minimum absolute atomic E-state index is 0.123. The summed E-state index contributed by atoms with van der Waals surface area (Å²) in [5.41, 5.74) is 6.71. The fourth-order valence-corrected chi connectivity index (χ4v) is 1.77. The Hall–Kier alpha value is -1.98. The Balaban J connectivity index is 2.81. The molecule has 1 heterocycles. The van der Waals surface area contributed by atoms with Crippen molar-refractivity contribution in [2.24, 2.45) is 0 Å². The van der Waals surface area contributed by atoms with Gasteiger partial charge in [0, 0.05) is 18.8 Å². The summed E-state index contributed by atoms with van der Waals surface area (Å²) in [5.74, 6) is -0.504. The van der Waals surface area contributed by atoms with Crippen LogP contribution >= 0.6 is 0 Å². The fourth-order valence-electron chi connectivity index (χ4n) is 1.77. The van der Waals surface area contributed by atoms with E-state index in [1.807, 2.05) is 20.8 Å². The van der Waals surface area contributed by atoms with Gasteiger partial charge in [-0.2, -0.15) is 0 Å². The van der Waals surface area contributed by atoms with E-state index in [0.717, 1.165) is 0 Å². The summed E-state index contributed by atoms with van der Waals surface area (Å²) in [5, 5.41) is 5.32. The number of nitrogens with two attached hydrogens (primary N) is 1. The average Bonchev–Trinajstić information content (AvgIpc) is 2.71. The number of carbonyl (C=O) groups is 2. The van der Waals surface area contributed by atoms with Crippen molar-refractivity contribution in [2.75, 3.05) is 12.3 Å². The summed E-state index contributed by atoms with van der Waals surface area (Å²) in [6, 6.07) is 1.15. The number of nitrogen functional groups attached to an aromatic ring is 1. The van der Waals surface area contributed by atoms with E-state index in [1.165, 1.54) is 0 Å². The number of hydrogen-bond donors (Lipinski definition) is 3. The number of anilines is 1. The van der Waals surface area contributed by atoms with E-state index in [1.54, 1.807) is 23.8 Å². The van der Waals surface area contributed by atoms with E-state index < -0.39 is 6.04 Å². The minimum atomic E-state index is -0.579. The van der Waals surface area contributed by atoms with Crippen LogP contribution in [0.2, 0.25) is 0 Å². The quantitative estimate of drug-likeness (QED) is 0.740. The highest BCUT2D eigenvalue weighted by atomic mass is 16.2. The third kappa shape index (κ3) is 3.74. The monoisotopic (exact) mass is 266 g/mol. The molecule has 19 heavy (non-hydrogen) atoms. The van der Waals surface area contributed by atoms with Crippen LogP contribution in [0.1, 0.15) is 44.2 Å². The predicted molar refractivity (Wildman–Crippen MR) is 74.8 cm³/mol. The van der Waals surface area contributed by atoms with Gasteiger partial charge in [0.25, 0.3) is 5.91 Å². The van der Waals surface area contributed by atoms with Crippen molar-refractivity contribution in [3.8, 4) is 0 Å². The number of nitrogens with zero attached hydrogens (tertiary/aromatic N) is 1. The lowest BCUT2D eigenvalue weighted by molar-refractivity contribution is -0.122. The molecule has 0 radical (unpaired) electrons. The van der Waals surface area contributed by atoms with Crippen LogP contribution in [0.5, 0.6) is 0 Å². The zero-order chi connectivity index (χ0) is 14.6. The highest BCUT2D eigenvalue weighted by molar-refractivity contribution is 5.97. The normalized spacial score (nSPS) is 12.3. The van der Waals surface area contributed by atoms with Crippen molar-refractivity contribution in [3.63, 3.8) is 0 Å². The number of likely N-dealkylation sites (N-methyl/N-ethyl adjacent to an activating group) is 1. The lowest BCUT2D eigenvalue weighted by atomic mass is 10.2. The first-order chi connectivity index (χ1) is 8.86. The lowest BCUT2D eigenvalue weighted by Crippen LogP contribution is -2.45. The van der Waals surface area contributed by atoms with E-state index in [9.17, 15) is 9.59 Å². The largest absolute Gasteiger partial charge is 0.397 e. The maximum atomic E-state index is 12.1. The summed E-state index contributed by atoms with van der Waals surface area (Å²) in [7, 11) is 0. The topological polar surface area (TPSA) is 89.2 Å². The highest BCUT2D eigenvalue weighted by Crippen LogP contribution is 2.16. The molecule has 6 nitrogen and oxygen atoms in total. The van der Waals surface area contributed by atoms with Crippen LogP contribution in [0.15, 0.2) is 12.3 Å². The number of nitrogens with one attached hydrogen (secondary N) is 2. The van der Waals surface area contributed by atoms with Crippen molar-refractivity contribution in [1.82, 2.24) is 15.2 Å². The van der Waals surface area contributed by atoms with Gasteiger partial charge in [-0.05, 0) is 33.8 Å². The van der Waals surface area contributed by atoms with Gasteiger partial charge in [0.15, 0.2) is 0 Å². The van der Waals surface area contributed by atoms with Gasteiger partial charge in [-0.15, -0.1) is 0 Å². The van der Waals surface area contributed by atoms with Crippen LogP contribution in [0.25, 0.3) is 0 Å². The molecule has 0 fully saturated rings. The van der Waals surface area contributed by atoms with E-state index in [4.69, 9.17) is 5.73 Å². The van der Waals surface area contributed by atoms with Crippen LogP contribution in [0, 0.1) is 0 Å². The van der Waals surface area contributed by atoms with Gasteiger partial charge in [-0.3, -0.25) is 9.59 Å². The molecule has 0 aliphatic heterocycles. The van der Waals surface area contributed by atoms with Crippen molar-refractivity contribution >= 4 is 17.5 Å². The second kappa shape index (κ2) is 6.26. The summed E-state index contributed by atoms with van der Waals surface area (Å²) in [4.78, 5) is 23.7. The van der Waals surface area contributed by atoms with Crippen LogP contribution in [0.4, 0.5) is 5.69 Å². The van der Waals surface area contributed by atoms with Crippen LogP contribution in [-0.4, -0.2) is 29.0 Å². The van der Waals surface area contributed by atoms with E-state index >= 15 is 0 Å². The first-order valence-corrected chi connectivity index (χ1v) is 6.42. The zero-order valence-corrected chi connectivity index (χ0v) is 11.9. The molecule has 1 aromatic rings. The van der Waals surface area contributed by atoms with Gasteiger partial charge < -0.3 is 20.9 Å². The molecule has 1 unspecified atom stereocenters. The third-order valence-corrected chi connectivity index (χ3v) is 2.75. The molecule has 4 N–H and O–H groups in total. The zero-order valence-electron chi connectivity index (χ0n) is 11.9. The van der Waals surface area contributed by atoms with Gasteiger partial charge in [-0.1, -0.05) is 0 Å². The second-order valence-corrected chi connectivity index (χ2v) is 4.75. The Kier molecular flexibility index (Phi) is 4.97. The molecule has 1 aromatic heterocycles. The first kappa shape index (κ1) is 15.1. The van der Waals surface area contributed by atoms with Gasteiger partial charge >= 0.3 is 0 Å². The Labute approximate surface area is 113 Å². The second-order valence-electron chi connectivity index (χ2n) is 4.75. The number of hydrogen-bond acceptors (Lipinski definition) is 3. The van der Waals surface area contributed by atoms with Crippen molar-refractivity contribution in [2.45, 2.75) is 39.8 Å². The highest BCUT2D eigenvalue weighted by Gasteiger charge is 2.19. The molecule has 0 saturated heterocycles. The molecule has 6 heteroatoms. The molecular formula is C13H22N4O2. The van der Waals surface area contributed by atoms with E-state index in [-0.39, 0.29) is 17.9 Å². The molecule has 0 aliphatic carbocycles. The van der Waals surface area contributed by atoms with Crippen molar-refractivity contribution in [1.29, 1.82) is 0 Å². The van der Waals surface area contributed by atoms with Gasteiger partial charge in [-0.25, -0.2) is 0 Å². The maximum Gasteiger partial charge on any atom is 0.268 e. The Morgan fingerprint density at radius 3 is 2.53 bits per heavy atom. The first-order valence-electron chi connectivity index (χ1n) is 6.42. The number of aromatic nitrogens is 1. The van der Waals surface area contributed by atoms with Gasteiger partial charge in [0.05, 0.1) is 5.69 Å². The molecule has 0 saturated carbocycles. The van der Waals surface area contributed by atoms with Gasteiger partial charge in [0.2, 0.25) is 5.91 Å². The molecule has 2 amide bonds. The molecular weight excluding hydrogens is 244 g/mol. The minimum Gasteiger partial charge on any atom is -0.397 e. The van der Waals surface area contributed by atoms with Gasteiger partial charge in [0.1, 0.15) is 11.7 Å². The summed E-state index contributed by atoms with van der Waals surface area (Å²) >= 11 is 0. The summed E-state index contributed by atoms with van der Waals surface area (Å²) in [6.45, 7) is 7.94. The average molecular weight is 266 g/mol. The molecule has 0 aliphatic rings. The van der Waals surface area contributed by atoms with Crippen LogP contribution in [0.3, 0.4) is 0 Å². The van der Waals surface area contributed by atoms with Crippen molar-refractivity contribution in [3.05, 3.63) is 18.0 Å². The SMILES string of the molecule is CCNC(=O)C(C)NC(=O)c1cc(N)cn1C(C)C. The number of rotatable bonds is 5. The number of amides is 2. The Morgan fingerprint density at radius 2 is 2.00 bits per heavy atom. The molecule has 0 aromatic carbocycles. The Bertz CT molecular complexity index is 465. The Morgan fingerprint density at radius 1 is 1.37 bits per heavy atom. The fraction of sp³-hybridized carbons (Fsp3) is 0.538. The molecule has 1 rings (SSSR count). The third-order valence-electron chi connectivity index (χ3n) is 2.75. The maximum absolute atomic E-state index is 12.1. The summed E-state index contributed by atoms with van der Waals surface area (Å²) < 4.78 is 1.79. The van der Waals surface area contributed by atoms with Crippen LogP contribution in [-0.2, 0) is 4.79 Å². The smallest absolute Gasteiger partial charge is 0.268 e. The van der Waals surface area contributed by atoms with Crippen LogP contribution < -0.4 is 16.4 Å². The summed E-state index contributed by atoms with van der Waals surface area (Å²) in [6.07, 6.45) is 1.72. The lowest BCUT2D eigenvalue weighted by Gasteiger charge is -2.16. The molecule has 0 spiro atoms. The molecule has 106 valence electrons. The van der Waals surface area contributed by atoms with E-state index in [2.05, 4.69) is 10.6 Å². The standard InChI is InChI=1S/C13H22N4O2/c1-5-15-12(18)9(4)16-13(19)11-6-10(14)7-17(11)8(2)3/h6-9H,5,14H2,1-4H3,(H,15,18)(H,16,19). The van der Waals surface area contributed by atoms with Crippen molar-refractivity contribution < 1.29 is 9.59 Å². The predicted octanol–water partition coefficient (Wildman–Crippen LogP) is 0.906. The molecule has 0 bridgehead atoms.